The molecule has 0 aliphatic rings. The lowest BCUT2D eigenvalue weighted by molar-refractivity contribution is 0.0744. The van der Waals surface area contributed by atoms with E-state index in [4.69, 9.17) is 4.43 Å². The molecule has 0 spiro atoms. The van der Waals surface area contributed by atoms with Gasteiger partial charge in [-0.05, 0) is 43.9 Å². The second-order valence-corrected chi connectivity index (χ2v) is 18.4. The molecule has 0 aromatic carbocycles. The lowest BCUT2D eigenvalue weighted by Gasteiger charge is -2.47. The Kier molecular flexibility index (Phi) is 6.73. The minimum Gasteiger partial charge on any atom is -0.413 e. The van der Waals surface area contributed by atoms with E-state index >= 15 is 0 Å². The first kappa shape index (κ1) is 18.7. The van der Waals surface area contributed by atoms with Gasteiger partial charge in [0.15, 0.2) is 8.32 Å². The van der Waals surface area contributed by atoms with Crippen LogP contribution in [0.5, 0.6) is 0 Å². The van der Waals surface area contributed by atoms with Crippen molar-refractivity contribution in [3.63, 3.8) is 0 Å². The van der Waals surface area contributed by atoms with Crippen molar-refractivity contribution in [2.45, 2.75) is 71.5 Å². The Labute approximate surface area is 121 Å². The highest BCUT2D eigenvalue weighted by atomic mass is 32.4. The van der Waals surface area contributed by atoms with Crippen molar-refractivity contribution in [2.24, 2.45) is 5.41 Å². The lowest BCUT2D eigenvalue weighted by Crippen LogP contribution is -2.51. The fraction of sp³-hybridized carbons (Fsp3) is 1.00. The van der Waals surface area contributed by atoms with Gasteiger partial charge in [0.1, 0.15) is 0 Å². The molecule has 18 heavy (non-hydrogen) atoms. The SMILES string of the molecule is CCC(O[Si](C)(C)C(CC)S(C)(C)[Si])C(C)(C)C. The van der Waals surface area contributed by atoms with E-state index < -0.39 is 17.8 Å². The summed E-state index contributed by atoms with van der Waals surface area (Å²) in [5, 5.41) is 0. The summed E-state index contributed by atoms with van der Waals surface area (Å²) < 4.78 is 6.66. The van der Waals surface area contributed by atoms with Gasteiger partial charge in [-0.25, -0.2) is 0 Å². The van der Waals surface area contributed by atoms with Gasteiger partial charge in [-0.15, -0.1) is 0 Å². The van der Waals surface area contributed by atoms with Crippen LogP contribution in [0, 0.1) is 5.41 Å². The molecule has 2 atom stereocenters. The van der Waals surface area contributed by atoms with Crippen LogP contribution in [0.1, 0.15) is 47.5 Å². The minimum absolute atomic E-state index is 0.239. The zero-order chi connectivity index (χ0) is 14.8. The predicted molar refractivity (Wildman–Crippen MR) is 91.4 cm³/mol. The fourth-order valence-electron chi connectivity index (χ4n) is 2.93. The molecule has 0 aliphatic heterocycles. The van der Waals surface area contributed by atoms with E-state index in [0.717, 1.165) is 6.42 Å². The van der Waals surface area contributed by atoms with Crippen LogP contribution in [-0.4, -0.2) is 41.2 Å². The normalized spacial score (nSPS) is 18.6. The molecule has 0 aromatic rings. The third-order valence-corrected chi connectivity index (χ3v) is 13.3. The van der Waals surface area contributed by atoms with Gasteiger partial charge in [0, 0.05) is 11.0 Å². The summed E-state index contributed by atoms with van der Waals surface area (Å²) in [7, 11) is 1.59. The minimum atomic E-state index is -1.67. The van der Waals surface area contributed by atoms with Gasteiger partial charge in [0.05, 0.1) is 9.39 Å². The molecular formula is C14H33OSSi2. The molecule has 2 unspecified atom stereocenters. The molecule has 0 N–H and O–H groups in total. The van der Waals surface area contributed by atoms with Crippen molar-refractivity contribution < 1.29 is 4.43 Å². The molecule has 0 bridgehead atoms. The zero-order valence-corrected chi connectivity index (χ0v) is 16.7. The van der Waals surface area contributed by atoms with Crippen molar-refractivity contribution in [1.29, 1.82) is 0 Å². The highest BCUT2D eigenvalue weighted by Crippen LogP contribution is 2.47. The summed E-state index contributed by atoms with van der Waals surface area (Å²) in [5.41, 5.74) is 0.239. The molecule has 109 valence electrons. The van der Waals surface area contributed by atoms with E-state index in [0.29, 0.717) is 11.0 Å². The maximum atomic E-state index is 6.66. The summed E-state index contributed by atoms with van der Waals surface area (Å²) in [4.78, 5) is 0.707. The molecule has 1 nitrogen and oxygen atoms in total. The largest absolute Gasteiger partial charge is 0.413 e. The predicted octanol–water partition coefficient (Wildman–Crippen LogP) is 4.50. The fourth-order valence-corrected chi connectivity index (χ4v) is 15.1. The Balaban J connectivity index is 5.02. The molecule has 0 rings (SSSR count). The maximum absolute atomic E-state index is 6.66. The second-order valence-electron chi connectivity index (χ2n) is 7.29. The molecule has 0 fully saturated rings. The van der Waals surface area contributed by atoms with E-state index in [-0.39, 0.29) is 5.41 Å². The number of hydrogen-bond acceptors (Lipinski definition) is 1. The van der Waals surface area contributed by atoms with Gasteiger partial charge in [0.25, 0.3) is 0 Å². The number of rotatable bonds is 6. The lowest BCUT2D eigenvalue weighted by atomic mass is 9.88. The molecule has 0 amide bonds. The molecule has 3 radical (unpaired) electrons. The van der Waals surface area contributed by atoms with Crippen LogP contribution in [0.25, 0.3) is 0 Å². The molecule has 4 heteroatoms. The first-order chi connectivity index (χ1) is 7.86. The van der Waals surface area contributed by atoms with Crippen LogP contribution in [0.2, 0.25) is 13.1 Å². The van der Waals surface area contributed by atoms with Crippen LogP contribution in [0.15, 0.2) is 0 Å². The Morgan fingerprint density at radius 1 is 1.11 bits per heavy atom. The Bertz CT molecular complexity index is 254. The summed E-state index contributed by atoms with van der Waals surface area (Å²) >= 11 is 0. The average molecular weight is 306 g/mol. The van der Waals surface area contributed by atoms with Gasteiger partial charge in [0.2, 0.25) is 0 Å². The van der Waals surface area contributed by atoms with E-state index in [1.54, 1.807) is 0 Å². The van der Waals surface area contributed by atoms with Crippen LogP contribution in [0.3, 0.4) is 0 Å². The van der Waals surface area contributed by atoms with E-state index in [9.17, 15) is 0 Å². The highest BCUT2D eigenvalue weighted by Gasteiger charge is 2.41. The Hall–Kier alpha value is 0.744. The van der Waals surface area contributed by atoms with E-state index in [1.165, 1.54) is 6.42 Å². The summed E-state index contributed by atoms with van der Waals surface area (Å²) in [6, 6.07) is 0. The van der Waals surface area contributed by atoms with Crippen molar-refractivity contribution in [3.8, 4) is 0 Å². The van der Waals surface area contributed by atoms with Crippen LogP contribution < -0.4 is 0 Å². The summed E-state index contributed by atoms with van der Waals surface area (Å²) in [6.07, 6.45) is 7.41. The third kappa shape index (κ3) is 5.39. The third-order valence-electron chi connectivity index (χ3n) is 3.64. The standard InChI is InChI=1S/C14H33OSSi2/c1-10-12(14(3,4)5)15-18(8,9)13(11-2)16(6,7)17/h12-13H,10-11H2,1-9H3. The van der Waals surface area contributed by atoms with Crippen molar-refractivity contribution in [3.05, 3.63) is 0 Å². The van der Waals surface area contributed by atoms with Crippen LogP contribution in [-0.2, 0) is 4.43 Å². The molecule has 0 aliphatic carbocycles. The first-order valence-corrected chi connectivity index (χ1v) is 13.7. The van der Waals surface area contributed by atoms with Gasteiger partial charge in [-0.2, -0.15) is 0 Å². The molecule has 0 aromatic heterocycles. The van der Waals surface area contributed by atoms with Crippen LogP contribution in [0.4, 0.5) is 0 Å². The first-order valence-electron chi connectivity index (χ1n) is 7.00. The topological polar surface area (TPSA) is 9.23 Å². The van der Waals surface area contributed by atoms with E-state index in [1.807, 2.05) is 0 Å². The number of hydrogen-bond donors (Lipinski definition) is 0. The molecular weight excluding hydrogens is 272 g/mol. The maximum Gasteiger partial charge on any atom is 0.197 e. The van der Waals surface area contributed by atoms with Gasteiger partial charge >= 0.3 is 0 Å². The zero-order valence-electron chi connectivity index (χ0n) is 13.9. The summed E-state index contributed by atoms with van der Waals surface area (Å²) in [5.74, 6) is 0. The highest BCUT2D eigenvalue weighted by molar-refractivity contribution is 8.50. The average Bonchev–Trinajstić information content (AvgIpc) is 2.10. The molecule has 0 saturated heterocycles. The van der Waals surface area contributed by atoms with Crippen molar-refractivity contribution >= 4 is 27.2 Å². The Morgan fingerprint density at radius 2 is 1.56 bits per heavy atom. The van der Waals surface area contributed by atoms with Gasteiger partial charge < -0.3 is 4.43 Å². The van der Waals surface area contributed by atoms with E-state index in [2.05, 4.69) is 69.6 Å². The molecule has 0 saturated carbocycles. The Morgan fingerprint density at radius 3 is 1.78 bits per heavy atom. The monoisotopic (exact) mass is 305 g/mol. The second kappa shape index (κ2) is 6.46. The molecule has 0 heterocycles. The van der Waals surface area contributed by atoms with Gasteiger partial charge in [-0.1, -0.05) is 34.6 Å². The van der Waals surface area contributed by atoms with Crippen molar-refractivity contribution in [2.75, 3.05) is 12.5 Å². The van der Waals surface area contributed by atoms with Crippen LogP contribution >= 0.6 is 9.48 Å². The van der Waals surface area contributed by atoms with Gasteiger partial charge in [-0.3, -0.25) is 9.48 Å². The smallest absolute Gasteiger partial charge is 0.197 e. The van der Waals surface area contributed by atoms with Crippen molar-refractivity contribution in [1.82, 2.24) is 0 Å². The quantitative estimate of drug-likeness (QED) is 0.657. The summed E-state index contributed by atoms with van der Waals surface area (Å²) in [6.45, 7) is 16.2.